The van der Waals surface area contributed by atoms with Crippen LogP contribution in [0.2, 0.25) is 0 Å². The fraction of sp³-hybridized carbons (Fsp3) is 0.417. The number of hydrogen-bond acceptors (Lipinski definition) is 5. The van der Waals surface area contributed by atoms with Gasteiger partial charge in [0.1, 0.15) is 5.75 Å². The van der Waals surface area contributed by atoms with Gasteiger partial charge in [0.05, 0.1) is 12.6 Å². The molecule has 0 unspecified atom stereocenters. The zero-order valence-electron chi connectivity index (χ0n) is 18.0. The van der Waals surface area contributed by atoms with Crippen LogP contribution in [0.3, 0.4) is 0 Å². The first-order valence-corrected chi connectivity index (χ1v) is 10.9. The van der Waals surface area contributed by atoms with E-state index in [1.165, 1.54) is 0 Å². The van der Waals surface area contributed by atoms with Gasteiger partial charge in [0.25, 0.3) is 0 Å². The Morgan fingerprint density at radius 2 is 1.74 bits per heavy atom. The SMILES string of the molecule is COc1ccc(CCC(=O)N2CCN(CCCn3c(=O)oc4ccccc43)CC2)cc1. The zero-order chi connectivity index (χ0) is 21.6. The first kappa shape index (κ1) is 21.2. The minimum Gasteiger partial charge on any atom is -0.497 e. The Bertz CT molecular complexity index is 1060. The highest BCUT2D eigenvalue weighted by molar-refractivity contribution is 5.76. The fourth-order valence-corrected chi connectivity index (χ4v) is 4.10. The third-order valence-electron chi connectivity index (χ3n) is 5.94. The molecule has 0 atom stereocenters. The minimum absolute atomic E-state index is 0.215. The van der Waals surface area contributed by atoms with Crippen LogP contribution in [0.25, 0.3) is 11.1 Å². The number of fused-ring (bicyclic) bond motifs is 1. The maximum Gasteiger partial charge on any atom is 0.419 e. The van der Waals surface area contributed by atoms with Gasteiger partial charge in [-0.1, -0.05) is 24.3 Å². The second kappa shape index (κ2) is 9.83. The van der Waals surface area contributed by atoms with Crippen molar-refractivity contribution >= 4 is 17.0 Å². The number of carbonyl (C=O) groups excluding carboxylic acids is 1. The summed E-state index contributed by atoms with van der Waals surface area (Å²) in [5.41, 5.74) is 2.63. The summed E-state index contributed by atoms with van der Waals surface area (Å²) in [4.78, 5) is 29.0. The Labute approximate surface area is 181 Å². The molecule has 1 aromatic heterocycles. The Hall–Kier alpha value is -3.06. The van der Waals surface area contributed by atoms with Crippen LogP contribution in [-0.2, 0) is 17.8 Å². The number of carbonyl (C=O) groups is 1. The van der Waals surface area contributed by atoms with Gasteiger partial charge in [-0.3, -0.25) is 14.3 Å². The van der Waals surface area contributed by atoms with Crippen LogP contribution in [0.1, 0.15) is 18.4 Å². The number of rotatable bonds is 8. The lowest BCUT2D eigenvalue weighted by Crippen LogP contribution is -2.49. The fourth-order valence-electron chi connectivity index (χ4n) is 4.10. The van der Waals surface area contributed by atoms with E-state index in [-0.39, 0.29) is 11.7 Å². The first-order valence-electron chi connectivity index (χ1n) is 10.9. The molecule has 1 saturated heterocycles. The van der Waals surface area contributed by atoms with Gasteiger partial charge in [0, 0.05) is 39.1 Å². The van der Waals surface area contributed by atoms with Crippen molar-refractivity contribution in [2.45, 2.75) is 25.8 Å². The van der Waals surface area contributed by atoms with Gasteiger partial charge in [-0.15, -0.1) is 0 Å². The summed E-state index contributed by atoms with van der Waals surface area (Å²) in [5, 5.41) is 0. The predicted octanol–water partition coefficient (Wildman–Crippen LogP) is 2.77. The highest BCUT2D eigenvalue weighted by atomic mass is 16.5. The summed E-state index contributed by atoms with van der Waals surface area (Å²) in [6.45, 7) is 4.80. The zero-order valence-corrected chi connectivity index (χ0v) is 18.0. The normalized spacial score (nSPS) is 14.8. The van der Waals surface area contributed by atoms with E-state index in [1.807, 2.05) is 53.4 Å². The van der Waals surface area contributed by atoms with Crippen molar-refractivity contribution in [3.8, 4) is 5.75 Å². The molecule has 0 saturated carbocycles. The second-order valence-electron chi connectivity index (χ2n) is 7.91. The van der Waals surface area contributed by atoms with Crippen molar-refractivity contribution < 1.29 is 13.9 Å². The molecule has 7 nitrogen and oxygen atoms in total. The monoisotopic (exact) mass is 423 g/mol. The molecule has 0 radical (unpaired) electrons. The van der Waals surface area contributed by atoms with Crippen LogP contribution < -0.4 is 10.5 Å². The Morgan fingerprint density at radius 1 is 1.00 bits per heavy atom. The summed E-state index contributed by atoms with van der Waals surface area (Å²) < 4.78 is 12.2. The number of para-hydroxylation sites is 2. The second-order valence-corrected chi connectivity index (χ2v) is 7.91. The van der Waals surface area contributed by atoms with Crippen LogP contribution in [0.4, 0.5) is 0 Å². The molecule has 1 fully saturated rings. The predicted molar refractivity (Wildman–Crippen MR) is 119 cm³/mol. The number of methoxy groups -OCH3 is 1. The third kappa shape index (κ3) is 5.17. The van der Waals surface area contributed by atoms with Gasteiger partial charge < -0.3 is 14.1 Å². The molecule has 0 aliphatic carbocycles. The van der Waals surface area contributed by atoms with Gasteiger partial charge in [-0.05, 0) is 49.2 Å². The van der Waals surface area contributed by atoms with E-state index in [2.05, 4.69) is 4.90 Å². The summed E-state index contributed by atoms with van der Waals surface area (Å²) >= 11 is 0. The lowest BCUT2D eigenvalue weighted by Gasteiger charge is -2.34. The molecule has 1 amide bonds. The van der Waals surface area contributed by atoms with Gasteiger partial charge in [-0.2, -0.15) is 0 Å². The lowest BCUT2D eigenvalue weighted by atomic mass is 10.1. The summed E-state index contributed by atoms with van der Waals surface area (Å²) in [7, 11) is 1.65. The number of hydrogen-bond donors (Lipinski definition) is 0. The van der Waals surface area contributed by atoms with Gasteiger partial charge >= 0.3 is 5.76 Å². The first-order chi connectivity index (χ1) is 15.1. The van der Waals surface area contributed by atoms with Crippen molar-refractivity contribution in [2.75, 3.05) is 39.8 Å². The van der Waals surface area contributed by atoms with Crippen LogP contribution >= 0.6 is 0 Å². The molecular formula is C24H29N3O4. The van der Waals surface area contributed by atoms with Crippen molar-refractivity contribution in [3.05, 3.63) is 64.6 Å². The molecular weight excluding hydrogens is 394 g/mol. The average Bonchev–Trinajstić information content (AvgIpc) is 3.13. The number of aryl methyl sites for hydroxylation is 2. The molecule has 2 heterocycles. The Kier molecular flexibility index (Phi) is 6.72. The number of aromatic nitrogens is 1. The third-order valence-corrected chi connectivity index (χ3v) is 5.94. The maximum atomic E-state index is 12.6. The molecule has 0 N–H and O–H groups in total. The number of nitrogens with zero attached hydrogens (tertiary/aromatic N) is 3. The Balaban J connectivity index is 1.19. The molecule has 3 aromatic rings. The van der Waals surface area contributed by atoms with Gasteiger partial charge in [-0.25, -0.2) is 4.79 Å². The van der Waals surface area contributed by atoms with Crippen LogP contribution in [-0.4, -0.2) is 60.1 Å². The number of oxazole rings is 1. The molecule has 1 aliphatic rings. The van der Waals surface area contributed by atoms with Gasteiger partial charge in [0.2, 0.25) is 5.91 Å². The van der Waals surface area contributed by atoms with Crippen molar-refractivity contribution in [1.82, 2.24) is 14.4 Å². The lowest BCUT2D eigenvalue weighted by molar-refractivity contribution is -0.132. The van der Waals surface area contributed by atoms with E-state index in [1.54, 1.807) is 11.7 Å². The maximum absolute atomic E-state index is 12.6. The van der Waals surface area contributed by atoms with E-state index in [0.29, 0.717) is 18.5 Å². The standard InChI is InChI=1S/C24H29N3O4/c1-30-20-10-7-19(8-11-20)9-12-23(28)26-17-15-25(16-18-26)13-4-14-27-21-5-2-3-6-22(21)31-24(27)29/h2-3,5-8,10-11H,4,9,12-18H2,1H3. The minimum atomic E-state index is -0.298. The van der Waals surface area contributed by atoms with E-state index >= 15 is 0 Å². The Morgan fingerprint density at radius 3 is 2.48 bits per heavy atom. The smallest absolute Gasteiger partial charge is 0.419 e. The van der Waals surface area contributed by atoms with Gasteiger partial charge in [0.15, 0.2) is 5.58 Å². The van der Waals surface area contributed by atoms with E-state index in [9.17, 15) is 9.59 Å². The topological polar surface area (TPSA) is 67.9 Å². The molecule has 0 bridgehead atoms. The van der Waals surface area contributed by atoms with Crippen LogP contribution in [0.15, 0.2) is 57.7 Å². The molecule has 31 heavy (non-hydrogen) atoms. The quantitative estimate of drug-likeness (QED) is 0.557. The number of benzene rings is 2. The summed E-state index contributed by atoms with van der Waals surface area (Å²) in [5.74, 6) is 0.748. The highest BCUT2D eigenvalue weighted by Crippen LogP contribution is 2.14. The average molecular weight is 424 g/mol. The summed E-state index contributed by atoms with van der Waals surface area (Å²) in [6.07, 6.45) is 2.15. The number of amides is 1. The molecule has 4 rings (SSSR count). The largest absolute Gasteiger partial charge is 0.497 e. The molecule has 0 spiro atoms. The van der Waals surface area contributed by atoms with Crippen molar-refractivity contribution in [2.24, 2.45) is 0 Å². The molecule has 2 aromatic carbocycles. The summed E-state index contributed by atoms with van der Waals surface area (Å²) in [6, 6.07) is 15.4. The molecule has 164 valence electrons. The van der Waals surface area contributed by atoms with E-state index in [4.69, 9.17) is 9.15 Å². The van der Waals surface area contributed by atoms with E-state index in [0.717, 1.165) is 62.4 Å². The van der Waals surface area contributed by atoms with Crippen LogP contribution in [0, 0.1) is 0 Å². The van der Waals surface area contributed by atoms with Crippen LogP contribution in [0.5, 0.6) is 5.75 Å². The number of piperazine rings is 1. The van der Waals surface area contributed by atoms with E-state index < -0.39 is 0 Å². The highest BCUT2D eigenvalue weighted by Gasteiger charge is 2.20. The van der Waals surface area contributed by atoms with Crippen molar-refractivity contribution in [3.63, 3.8) is 0 Å². The molecule has 7 heteroatoms. The molecule has 1 aliphatic heterocycles. The number of ether oxygens (including phenoxy) is 1. The van der Waals surface area contributed by atoms with Crippen molar-refractivity contribution in [1.29, 1.82) is 0 Å².